The van der Waals surface area contributed by atoms with Gasteiger partial charge in [0, 0.05) is 0 Å². The summed E-state index contributed by atoms with van der Waals surface area (Å²) in [7, 11) is 0. The molecule has 0 radical (unpaired) electrons. The molecule has 0 saturated carbocycles. The summed E-state index contributed by atoms with van der Waals surface area (Å²) < 4.78 is 0. The monoisotopic (exact) mass is 762 g/mol. The summed E-state index contributed by atoms with van der Waals surface area (Å²) in [5, 5.41) is 43.6. The number of amides is 1. The van der Waals surface area contributed by atoms with Crippen LogP contribution in [0.15, 0.2) is 36.5 Å². The van der Waals surface area contributed by atoms with E-state index in [4.69, 9.17) is 0 Å². The lowest BCUT2D eigenvalue weighted by atomic mass is 10.00. The minimum Gasteiger partial charge on any atom is -0.394 e. The standard InChI is InChI=1S/C48H91NO5/c1-3-5-7-9-11-13-15-17-18-19-20-21-22-23-24-25-26-27-28-29-30-32-34-36-38-40-42-46(52)48(54)49-44(43-50)47(53)45(51)41-39-37-35-33-31-16-14-12-10-8-6-4-2/h12,14,23-24,33,35,44-47,50-53H,3-11,13,15-22,25-32,34,36-43H2,1-2H3,(H,49,54)/b14-12+,24-23-,35-33+. The van der Waals surface area contributed by atoms with Crippen molar-refractivity contribution in [2.24, 2.45) is 0 Å². The van der Waals surface area contributed by atoms with Gasteiger partial charge in [-0.1, -0.05) is 192 Å². The lowest BCUT2D eigenvalue weighted by Gasteiger charge is -2.27. The zero-order valence-electron chi connectivity index (χ0n) is 35.7. The third-order valence-electron chi connectivity index (χ3n) is 10.8. The maximum Gasteiger partial charge on any atom is 0.249 e. The normalized spacial score (nSPS) is 14.4. The molecule has 0 aliphatic carbocycles. The number of rotatable bonds is 42. The van der Waals surface area contributed by atoms with Crippen molar-refractivity contribution < 1.29 is 25.2 Å². The summed E-state index contributed by atoms with van der Waals surface area (Å²) in [6, 6.07) is -1.01. The zero-order valence-corrected chi connectivity index (χ0v) is 35.7. The number of carbonyl (C=O) groups excluding carboxylic acids is 1. The highest BCUT2D eigenvalue weighted by molar-refractivity contribution is 5.80. The molecular weight excluding hydrogens is 671 g/mol. The van der Waals surface area contributed by atoms with Gasteiger partial charge < -0.3 is 25.7 Å². The fourth-order valence-corrected chi connectivity index (χ4v) is 7.06. The van der Waals surface area contributed by atoms with Crippen LogP contribution in [0.3, 0.4) is 0 Å². The van der Waals surface area contributed by atoms with E-state index in [2.05, 4.69) is 55.6 Å². The Morgan fingerprint density at radius 1 is 0.444 bits per heavy atom. The maximum atomic E-state index is 12.5. The SMILES string of the molecule is CCCCC/C=C/CC/C=C/CCCC(O)C(O)C(CO)NC(=O)C(O)CCCCCCCCCCCC/C=C\CCCCCCCCCCCCCC. The van der Waals surface area contributed by atoms with Crippen LogP contribution in [0.1, 0.15) is 232 Å². The van der Waals surface area contributed by atoms with Crippen LogP contribution in [-0.2, 0) is 4.79 Å². The van der Waals surface area contributed by atoms with Crippen molar-refractivity contribution in [1.82, 2.24) is 5.32 Å². The van der Waals surface area contributed by atoms with E-state index < -0.39 is 36.9 Å². The number of nitrogens with one attached hydrogen (secondary N) is 1. The number of hydrogen-bond donors (Lipinski definition) is 5. The lowest BCUT2D eigenvalue weighted by molar-refractivity contribution is -0.132. The van der Waals surface area contributed by atoms with Gasteiger partial charge in [-0.3, -0.25) is 4.79 Å². The molecule has 0 saturated heterocycles. The van der Waals surface area contributed by atoms with Crippen LogP contribution in [0.25, 0.3) is 0 Å². The Labute approximate surface area is 335 Å². The van der Waals surface area contributed by atoms with Gasteiger partial charge in [0.1, 0.15) is 12.2 Å². The fourth-order valence-electron chi connectivity index (χ4n) is 7.06. The highest BCUT2D eigenvalue weighted by Crippen LogP contribution is 2.16. The van der Waals surface area contributed by atoms with Crippen molar-refractivity contribution in [2.45, 2.75) is 257 Å². The summed E-state index contributed by atoms with van der Waals surface area (Å²) in [6.45, 7) is 4.00. The predicted molar refractivity (Wildman–Crippen MR) is 233 cm³/mol. The summed E-state index contributed by atoms with van der Waals surface area (Å²) in [5.74, 6) is -0.599. The van der Waals surface area contributed by atoms with E-state index in [1.54, 1.807) is 0 Å². The van der Waals surface area contributed by atoms with Gasteiger partial charge in [-0.25, -0.2) is 0 Å². The highest BCUT2D eigenvalue weighted by Gasteiger charge is 2.28. The summed E-state index contributed by atoms with van der Waals surface area (Å²) in [6.07, 6.45) is 50.5. The van der Waals surface area contributed by atoms with Gasteiger partial charge in [0.15, 0.2) is 0 Å². The quantitative estimate of drug-likeness (QED) is 0.0314. The van der Waals surface area contributed by atoms with Crippen LogP contribution in [0.5, 0.6) is 0 Å². The molecule has 0 fully saturated rings. The Morgan fingerprint density at radius 3 is 1.20 bits per heavy atom. The Bertz CT molecular complexity index is 858. The Hall–Kier alpha value is -1.47. The molecule has 6 heteroatoms. The van der Waals surface area contributed by atoms with Gasteiger partial charge >= 0.3 is 0 Å². The van der Waals surface area contributed by atoms with Gasteiger partial charge in [0.05, 0.1) is 18.8 Å². The molecule has 0 aliphatic heterocycles. The van der Waals surface area contributed by atoms with Crippen molar-refractivity contribution in [1.29, 1.82) is 0 Å². The average molecular weight is 762 g/mol. The maximum absolute atomic E-state index is 12.5. The van der Waals surface area contributed by atoms with Crippen LogP contribution in [0, 0.1) is 0 Å². The van der Waals surface area contributed by atoms with E-state index in [-0.39, 0.29) is 0 Å². The fraction of sp³-hybridized carbons (Fsp3) is 0.854. The molecule has 1 amide bonds. The molecule has 0 heterocycles. The molecule has 0 aromatic heterocycles. The Kier molecular flexibility index (Phi) is 41.5. The molecule has 6 nitrogen and oxygen atoms in total. The molecular formula is C48H91NO5. The van der Waals surface area contributed by atoms with Crippen LogP contribution in [-0.4, -0.2) is 57.3 Å². The zero-order chi connectivity index (χ0) is 39.6. The number of unbranched alkanes of at least 4 members (excludes halogenated alkanes) is 27. The molecule has 0 rings (SSSR count). The predicted octanol–water partition coefficient (Wildman–Crippen LogP) is 12.5. The Balaban J connectivity index is 3.68. The number of aliphatic hydroxyl groups excluding tert-OH is 4. The molecule has 4 atom stereocenters. The first-order valence-electron chi connectivity index (χ1n) is 23.4. The van der Waals surface area contributed by atoms with E-state index in [1.165, 1.54) is 154 Å². The first kappa shape index (κ1) is 52.5. The number of allylic oxidation sites excluding steroid dienone is 6. The number of hydrogen-bond acceptors (Lipinski definition) is 5. The second kappa shape index (κ2) is 42.7. The van der Waals surface area contributed by atoms with E-state index >= 15 is 0 Å². The van der Waals surface area contributed by atoms with Crippen molar-refractivity contribution in [3.63, 3.8) is 0 Å². The van der Waals surface area contributed by atoms with E-state index in [0.29, 0.717) is 19.3 Å². The van der Waals surface area contributed by atoms with E-state index in [1.807, 2.05) is 0 Å². The smallest absolute Gasteiger partial charge is 0.249 e. The molecule has 54 heavy (non-hydrogen) atoms. The molecule has 4 unspecified atom stereocenters. The minimum absolute atomic E-state index is 0.359. The van der Waals surface area contributed by atoms with Crippen LogP contribution in [0.4, 0.5) is 0 Å². The van der Waals surface area contributed by atoms with Crippen LogP contribution < -0.4 is 5.32 Å². The molecule has 5 N–H and O–H groups in total. The van der Waals surface area contributed by atoms with Crippen LogP contribution >= 0.6 is 0 Å². The van der Waals surface area contributed by atoms with E-state index in [0.717, 1.165) is 44.9 Å². The second-order valence-corrected chi connectivity index (χ2v) is 16.1. The number of aliphatic hydroxyl groups is 4. The Morgan fingerprint density at radius 2 is 0.778 bits per heavy atom. The molecule has 0 spiro atoms. The summed E-state index contributed by atoms with van der Waals surface area (Å²) >= 11 is 0. The van der Waals surface area contributed by atoms with Gasteiger partial charge in [-0.15, -0.1) is 0 Å². The minimum atomic E-state index is -1.29. The molecule has 318 valence electrons. The second-order valence-electron chi connectivity index (χ2n) is 16.1. The molecule has 0 aromatic rings. The van der Waals surface area contributed by atoms with Crippen molar-refractivity contribution in [2.75, 3.05) is 6.61 Å². The van der Waals surface area contributed by atoms with Crippen molar-refractivity contribution in [3.05, 3.63) is 36.5 Å². The molecule has 0 aliphatic rings. The average Bonchev–Trinajstić information content (AvgIpc) is 3.18. The third kappa shape index (κ3) is 36.2. The first-order valence-corrected chi connectivity index (χ1v) is 23.4. The summed E-state index contributed by atoms with van der Waals surface area (Å²) in [4.78, 5) is 12.5. The van der Waals surface area contributed by atoms with Crippen molar-refractivity contribution >= 4 is 5.91 Å². The number of carbonyl (C=O) groups is 1. The largest absolute Gasteiger partial charge is 0.394 e. The molecule has 0 bridgehead atoms. The molecule has 0 aromatic carbocycles. The van der Waals surface area contributed by atoms with E-state index in [9.17, 15) is 25.2 Å². The third-order valence-corrected chi connectivity index (χ3v) is 10.8. The van der Waals surface area contributed by atoms with Gasteiger partial charge in [-0.05, 0) is 77.0 Å². The lowest BCUT2D eigenvalue weighted by Crippen LogP contribution is -2.53. The van der Waals surface area contributed by atoms with Crippen LogP contribution in [0.2, 0.25) is 0 Å². The van der Waals surface area contributed by atoms with Gasteiger partial charge in [0.25, 0.3) is 0 Å². The van der Waals surface area contributed by atoms with Crippen molar-refractivity contribution in [3.8, 4) is 0 Å². The topological polar surface area (TPSA) is 110 Å². The summed E-state index contributed by atoms with van der Waals surface area (Å²) in [5.41, 5.74) is 0. The highest BCUT2D eigenvalue weighted by atomic mass is 16.3. The van der Waals surface area contributed by atoms with Gasteiger partial charge in [-0.2, -0.15) is 0 Å². The van der Waals surface area contributed by atoms with Gasteiger partial charge in [0.2, 0.25) is 5.91 Å². The first-order chi connectivity index (χ1) is 26.5.